The molecule has 0 aromatic heterocycles. The van der Waals surface area contributed by atoms with E-state index in [-0.39, 0.29) is 28.9 Å². The summed E-state index contributed by atoms with van der Waals surface area (Å²) in [5, 5.41) is 3.19. The average Bonchev–Trinajstić information content (AvgIpc) is 2.46. The number of carbonyl (C=O) groups is 1. The Labute approximate surface area is 130 Å². The third kappa shape index (κ3) is 3.94. The summed E-state index contributed by atoms with van der Waals surface area (Å²) >= 11 is 0. The van der Waals surface area contributed by atoms with Gasteiger partial charge in [0.05, 0.1) is 17.6 Å². The van der Waals surface area contributed by atoms with Gasteiger partial charge in [0.2, 0.25) is 10.0 Å². The fraction of sp³-hybridized carbons (Fsp3) is 0.462. The molecule has 1 aliphatic heterocycles. The highest BCUT2D eigenvalue weighted by atomic mass is 35.5. The zero-order valence-corrected chi connectivity index (χ0v) is 13.5. The molecule has 1 fully saturated rings. The minimum Gasteiger partial charge on any atom is -0.465 e. The van der Waals surface area contributed by atoms with Gasteiger partial charge >= 0.3 is 5.97 Å². The smallest absolute Gasteiger partial charge is 0.337 e. The van der Waals surface area contributed by atoms with Crippen LogP contribution in [0.3, 0.4) is 0 Å². The van der Waals surface area contributed by atoms with Gasteiger partial charge in [0.1, 0.15) is 0 Å². The Hall–Kier alpha value is -1.15. The lowest BCUT2D eigenvalue weighted by molar-refractivity contribution is 0.0600. The molecule has 21 heavy (non-hydrogen) atoms. The van der Waals surface area contributed by atoms with Gasteiger partial charge in [-0.25, -0.2) is 13.2 Å². The first-order valence-electron chi connectivity index (χ1n) is 6.37. The monoisotopic (exact) mass is 334 g/mol. The second-order valence-electron chi connectivity index (χ2n) is 4.74. The molecule has 1 saturated heterocycles. The maximum absolute atomic E-state index is 12.5. The molecule has 6 nitrogen and oxygen atoms in total. The minimum absolute atomic E-state index is 0. The number of ether oxygens (including phenoxy) is 1. The van der Waals surface area contributed by atoms with E-state index in [4.69, 9.17) is 0 Å². The van der Waals surface area contributed by atoms with E-state index in [1.807, 2.05) is 6.92 Å². The maximum Gasteiger partial charge on any atom is 0.337 e. The summed E-state index contributed by atoms with van der Waals surface area (Å²) in [5.41, 5.74) is 0.233. The lowest BCUT2D eigenvalue weighted by atomic mass is 10.2. The molecule has 1 heterocycles. The highest BCUT2D eigenvalue weighted by Crippen LogP contribution is 2.19. The molecule has 1 N–H and O–H groups in total. The second-order valence-corrected chi connectivity index (χ2v) is 6.68. The molecule has 8 heteroatoms. The topological polar surface area (TPSA) is 75.7 Å². The van der Waals surface area contributed by atoms with Crippen molar-refractivity contribution in [2.75, 3.05) is 26.7 Å². The molecule has 1 aromatic carbocycles. The number of nitrogens with zero attached hydrogens (tertiary/aromatic N) is 1. The van der Waals surface area contributed by atoms with Gasteiger partial charge in [0, 0.05) is 25.7 Å². The third-order valence-electron chi connectivity index (χ3n) is 3.22. The van der Waals surface area contributed by atoms with E-state index in [1.54, 1.807) is 6.07 Å². The fourth-order valence-corrected chi connectivity index (χ4v) is 3.74. The van der Waals surface area contributed by atoms with Crippen LogP contribution in [0.5, 0.6) is 0 Å². The number of sulfonamides is 1. The first-order chi connectivity index (χ1) is 9.45. The quantitative estimate of drug-likeness (QED) is 0.830. The Morgan fingerprint density at radius 2 is 2.14 bits per heavy atom. The summed E-state index contributed by atoms with van der Waals surface area (Å²) in [6, 6.07) is 6.04. The summed E-state index contributed by atoms with van der Waals surface area (Å²) in [7, 11) is -2.31. The molecule has 0 bridgehead atoms. The largest absolute Gasteiger partial charge is 0.465 e. The van der Waals surface area contributed by atoms with Crippen molar-refractivity contribution in [3.05, 3.63) is 29.8 Å². The van der Waals surface area contributed by atoms with Crippen molar-refractivity contribution < 1.29 is 17.9 Å². The summed E-state index contributed by atoms with van der Waals surface area (Å²) < 4.78 is 31.1. The number of methoxy groups -OCH3 is 1. The number of benzene rings is 1. The number of carbonyl (C=O) groups excluding carboxylic acids is 1. The lowest BCUT2D eigenvalue weighted by Crippen LogP contribution is -2.51. The van der Waals surface area contributed by atoms with E-state index < -0.39 is 16.0 Å². The SMILES string of the molecule is COC(=O)c1cccc(S(=O)(=O)N2CCNC(C)C2)c1.Cl. The Morgan fingerprint density at radius 1 is 1.43 bits per heavy atom. The second kappa shape index (κ2) is 7.22. The molecular formula is C13H19ClN2O4S. The highest BCUT2D eigenvalue weighted by Gasteiger charge is 2.28. The number of rotatable bonds is 3. The van der Waals surface area contributed by atoms with Gasteiger partial charge in [-0.05, 0) is 25.1 Å². The summed E-state index contributed by atoms with van der Waals surface area (Å²) in [6.07, 6.45) is 0. The number of piperazine rings is 1. The van der Waals surface area contributed by atoms with Gasteiger partial charge in [-0.2, -0.15) is 4.31 Å². The molecule has 0 amide bonds. The van der Waals surface area contributed by atoms with Crippen LogP contribution < -0.4 is 5.32 Å². The molecule has 0 aliphatic carbocycles. The van der Waals surface area contributed by atoms with Gasteiger partial charge in [-0.1, -0.05) is 6.07 Å². The maximum atomic E-state index is 12.5. The zero-order chi connectivity index (χ0) is 14.8. The highest BCUT2D eigenvalue weighted by molar-refractivity contribution is 7.89. The van der Waals surface area contributed by atoms with Crippen LogP contribution in [0.25, 0.3) is 0 Å². The number of esters is 1. The minimum atomic E-state index is -3.57. The van der Waals surface area contributed by atoms with Crippen molar-refractivity contribution in [3.8, 4) is 0 Å². The van der Waals surface area contributed by atoms with E-state index in [0.29, 0.717) is 19.6 Å². The fourth-order valence-electron chi connectivity index (χ4n) is 2.17. The van der Waals surface area contributed by atoms with Crippen molar-refractivity contribution >= 4 is 28.4 Å². The average molecular weight is 335 g/mol. The van der Waals surface area contributed by atoms with Gasteiger partial charge < -0.3 is 10.1 Å². The molecule has 0 spiro atoms. The third-order valence-corrected chi connectivity index (χ3v) is 5.09. The van der Waals surface area contributed by atoms with Crippen LogP contribution >= 0.6 is 12.4 Å². The van der Waals surface area contributed by atoms with E-state index >= 15 is 0 Å². The number of nitrogens with one attached hydrogen (secondary N) is 1. The predicted molar refractivity (Wildman–Crippen MR) is 81.3 cm³/mol. The normalized spacial score (nSPS) is 19.6. The van der Waals surface area contributed by atoms with Crippen LogP contribution in [0.1, 0.15) is 17.3 Å². The molecule has 1 atom stereocenters. The molecule has 118 valence electrons. The first-order valence-corrected chi connectivity index (χ1v) is 7.81. The molecular weight excluding hydrogens is 316 g/mol. The van der Waals surface area contributed by atoms with Gasteiger partial charge in [-0.3, -0.25) is 0 Å². The summed E-state index contributed by atoms with van der Waals surface area (Å²) in [4.78, 5) is 11.6. The molecule has 1 aromatic rings. The molecule has 1 unspecified atom stereocenters. The first kappa shape index (κ1) is 17.9. The van der Waals surface area contributed by atoms with Crippen molar-refractivity contribution in [2.45, 2.75) is 17.9 Å². The van der Waals surface area contributed by atoms with Crippen LogP contribution in [-0.2, 0) is 14.8 Å². The predicted octanol–water partition coefficient (Wildman–Crippen LogP) is 0.877. The van der Waals surface area contributed by atoms with Crippen LogP contribution in [0, 0.1) is 0 Å². The van der Waals surface area contributed by atoms with Crippen LogP contribution in [0.15, 0.2) is 29.2 Å². The number of halogens is 1. The molecule has 0 saturated carbocycles. The summed E-state index contributed by atoms with van der Waals surface area (Å²) in [6.45, 7) is 3.41. The van der Waals surface area contributed by atoms with Gasteiger partial charge in [-0.15, -0.1) is 12.4 Å². The van der Waals surface area contributed by atoms with Crippen molar-refractivity contribution in [1.82, 2.24) is 9.62 Å². The standard InChI is InChI=1S/C13H18N2O4S.ClH/c1-10-9-15(7-6-14-10)20(17,18)12-5-3-4-11(8-12)13(16)19-2;/h3-5,8,10,14H,6-7,9H2,1-2H3;1H. The number of hydrogen-bond acceptors (Lipinski definition) is 5. The van der Waals surface area contributed by atoms with E-state index in [2.05, 4.69) is 10.1 Å². The Morgan fingerprint density at radius 3 is 2.76 bits per heavy atom. The summed E-state index contributed by atoms with van der Waals surface area (Å²) in [5.74, 6) is -0.546. The van der Waals surface area contributed by atoms with Crippen LogP contribution in [-0.4, -0.2) is 51.5 Å². The Kier molecular flexibility index (Phi) is 6.15. The van der Waals surface area contributed by atoms with Crippen LogP contribution in [0.2, 0.25) is 0 Å². The van der Waals surface area contributed by atoms with Crippen molar-refractivity contribution in [3.63, 3.8) is 0 Å². The Balaban J connectivity index is 0.00000220. The number of hydrogen-bond donors (Lipinski definition) is 1. The van der Waals surface area contributed by atoms with Crippen LogP contribution in [0.4, 0.5) is 0 Å². The zero-order valence-electron chi connectivity index (χ0n) is 11.9. The van der Waals surface area contributed by atoms with E-state index in [0.717, 1.165) is 0 Å². The van der Waals surface area contributed by atoms with Crippen molar-refractivity contribution in [2.24, 2.45) is 0 Å². The molecule has 0 radical (unpaired) electrons. The van der Waals surface area contributed by atoms with Gasteiger partial charge in [0.25, 0.3) is 0 Å². The van der Waals surface area contributed by atoms with E-state index in [1.165, 1.54) is 29.6 Å². The molecule has 2 rings (SSSR count). The molecule has 1 aliphatic rings. The van der Waals surface area contributed by atoms with Gasteiger partial charge in [0.15, 0.2) is 0 Å². The lowest BCUT2D eigenvalue weighted by Gasteiger charge is -2.31. The van der Waals surface area contributed by atoms with Crippen molar-refractivity contribution in [1.29, 1.82) is 0 Å². The van der Waals surface area contributed by atoms with E-state index in [9.17, 15) is 13.2 Å². The Bertz CT molecular complexity index is 606.